The van der Waals surface area contributed by atoms with E-state index in [1.165, 1.54) is 12.4 Å². The minimum Gasteiger partial charge on any atom is -0.475 e. The Hall–Kier alpha value is -5.19. The molecule has 0 saturated carbocycles. The molecule has 0 bridgehead atoms. The second-order valence-electron chi connectivity index (χ2n) is 9.54. The normalized spacial score (nSPS) is 12.3. The number of rotatable bonds is 6. The van der Waals surface area contributed by atoms with Crippen LogP contribution in [0, 0.1) is 5.95 Å². The Labute approximate surface area is 227 Å². The standard InChI is InChI=1S/C29H25FN8O2/c1-16(2)40-22-14-13-20(25(30)35-22)24-23-26(31)32-15-33-28(23)38(36-24)17(3)27-34-21-12-8-7-11-19(21)29(39)37(27)18-9-5-4-6-10-18/h4-17H,1-3H3,(H2,31,32,33). The van der Waals surface area contributed by atoms with Gasteiger partial charge in [-0.15, -0.1) is 0 Å². The number of benzene rings is 2. The lowest BCUT2D eigenvalue weighted by Crippen LogP contribution is -2.27. The van der Waals surface area contributed by atoms with Crippen molar-refractivity contribution >= 4 is 27.8 Å². The van der Waals surface area contributed by atoms with Gasteiger partial charge in [-0.3, -0.25) is 9.36 Å². The van der Waals surface area contributed by atoms with Gasteiger partial charge in [-0.25, -0.2) is 19.6 Å². The molecule has 0 aliphatic carbocycles. The topological polar surface area (TPSA) is 127 Å². The van der Waals surface area contributed by atoms with Crippen LogP contribution in [-0.4, -0.2) is 40.4 Å². The van der Waals surface area contributed by atoms with Crippen molar-refractivity contribution in [2.45, 2.75) is 32.9 Å². The molecule has 0 fully saturated rings. The number of hydrogen-bond donors (Lipinski definition) is 1. The molecule has 10 nitrogen and oxygen atoms in total. The van der Waals surface area contributed by atoms with E-state index in [1.54, 1.807) is 33.5 Å². The average Bonchev–Trinajstić information content (AvgIpc) is 3.33. The minimum atomic E-state index is -0.773. The molecule has 0 amide bonds. The number of nitrogen functional groups attached to an aromatic ring is 1. The molecule has 4 heterocycles. The molecule has 0 radical (unpaired) electrons. The summed E-state index contributed by atoms with van der Waals surface area (Å²) in [6.45, 7) is 5.51. The Morgan fingerprint density at radius 1 is 0.925 bits per heavy atom. The fraction of sp³-hybridized carbons (Fsp3) is 0.172. The number of aromatic nitrogens is 7. The summed E-state index contributed by atoms with van der Waals surface area (Å²) in [6.07, 6.45) is 1.15. The van der Waals surface area contributed by atoms with Gasteiger partial charge in [-0.2, -0.15) is 14.5 Å². The lowest BCUT2D eigenvalue weighted by atomic mass is 10.1. The highest BCUT2D eigenvalue weighted by atomic mass is 19.1. The number of anilines is 1. The van der Waals surface area contributed by atoms with Crippen LogP contribution in [0.5, 0.6) is 5.88 Å². The molecule has 200 valence electrons. The van der Waals surface area contributed by atoms with Crippen LogP contribution in [0.4, 0.5) is 10.2 Å². The van der Waals surface area contributed by atoms with Crippen molar-refractivity contribution in [2.75, 3.05) is 5.73 Å². The van der Waals surface area contributed by atoms with Gasteiger partial charge in [-0.05, 0) is 51.1 Å². The molecule has 1 atom stereocenters. The van der Waals surface area contributed by atoms with Gasteiger partial charge in [0.2, 0.25) is 11.8 Å². The van der Waals surface area contributed by atoms with E-state index >= 15 is 4.39 Å². The molecule has 11 heteroatoms. The van der Waals surface area contributed by atoms with E-state index in [9.17, 15) is 4.79 Å². The predicted octanol–water partition coefficient (Wildman–Crippen LogP) is 4.71. The fourth-order valence-corrected chi connectivity index (χ4v) is 4.72. The van der Waals surface area contributed by atoms with Crippen molar-refractivity contribution in [3.8, 4) is 22.8 Å². The number of nitrogens with two attached hydrogens (primary N) is 1. The highest BCUT2D eigenvalue weighted by Gasteiger charge is 2.26. The molecule has 2 N–H and O–H groups in total. The summed E-state index contributed by atoms with van der Waals surface area (Å²) in [6, 6.07) is 18.9. The van der Waals surface area contributed by atoms with E-state index in [0.717, 1.165) is 0 Å². The van der Waals surface area contributed by atoms with Crippen LogP contribution in [0.15, 0.2) is 77.9 Å². The number of pyridine rings is 1. The van der Waals surface area contributed by atoms with Crippen molar-refractivity contribution in [1.82, 2.24) is 34.3 Å². The number of fused-ring (bicyclic) bond motifs is 2. The molecule has 0 spiro atoms. The summed E-state index contributed by atoms with van der Waals surface area (Å²) in [4.78, 5) is 31.2. The van der Waals surface area contributed by atoms with Gasteiger partial charge in [0, 0.05) is 6.07 Å². The van der Waals surface area contributed by atoms with Gasteiger partial charge in [0.05, 0.1) is 33.6 Å². The minimum absolute atomic E-state index is 0.112. The SMILES string of the molecule is CC(C)Oc1ccc(-c2nn(C(C)c3nc4ccccc4c(=O)n3-c3ccccc3)c3ncnc(N)c23)c(F)n1. The van der Waals surface area contributed by atoms with Gasteiger partial charge in [0.1, 0.15) is 29.7 Å². The highest BCUT2D eigenvalue weighted by Crippen LogP contribution is 2.34. The van der Waals surface area contributed by atoms with Crippen LogP contribution in [0.3, 0.4) is 0 Å². The largest absolute Gasteiger partial charge is 0.475 e. The molecule has 0 aliphatic rings. The van der Waals surface area contributed by atoms with Crippen LogP contribution >= 0.6 is 0 Å². The van der Waals surface area contributed by atoms with E-state index < -0.39 is 12.0 Å². The van der Waals surface area contributed by atoms with E-state index in [-0.39, 0.29) is 34.6 Å². The van der Waals surface area contributed by atoms with Gasteiger partial charge in [0.25, 0.3) is 5.56 Å². The number of para-hydroxylation sites is 2. The Bertz CT molecular complexity index is 1930. The molecule has 0 aliphatic heterocycles. The molecular weight excluding hydrogens is 511 g/mol. The molecule has 40 heavy (non-hydrogen) atoms. The van der Waals surface area contributed by atoms with Crippen molar-refractivity contribution in [1.29, 1.82) is 0 Å². The van der Waals surface area contributed by atoms with E-state index in [2.05, 4.69) is 15.0 Å². The average molecular weight is 537 g/mol. The monoisotopic (exact) mass is 536 g/mol. The first kappa shape index (κ1) is 25.1. The highest BCUT2D eigenvalue weighted by molar-refractivity contribution is 5.98. The van der Waals surface area contributed by atoms with E-state index in [0.29, 0.717) is 33.4 Å². The number of nitrogens with zero attached hydrogens (tertiary/aromatic N) is 7. The van der Waals surface area contributed by atoms with Crippen molar-refractivity contribution in [3.05, 3.63) is 95.2 Å². The van der Waals surface area contributed by atoms with Crippen LogP contribution < -0.4 is 16.0 Å². The summed E-state index contributed by atoms with van der Waals surface area (Å²) in [5, 5.41) is 5.60. The Kier molecular flexibility index (Phi) is 6.18. The molecule has 6 aromatic rings. The maximum atomic E-state index is 15.3. The van der Waals surface area contributed by atoms with Gasteiger partial charge < -0.3 is 10.5 Å². The zero-order chi connectivity index (χ0) is 28.0. The number of hydrogen-bond acceptors (Lipinski definition) is 8. The first-order chi connectivity index (χ1) is 19.3. The van der Waals surface area contributed by atoms with Crippen molar-refractivity contribution in [3.63, 3.8) is 0 Å². The quantitative estimate of drug-likeness (QED) is 0.304. The zero-order valence-corrected chi connectivity index (χ0v) is 22.0. The summed E-state index contributed by atoms with van der Waals surface area (Å²) in [5.41, 5.74) is 7.93. The molecule has 1 unspecified atom stereocenters. The number of ether oxygens (including phenoxy) is 1. The smallest absolute Gasteiger partial charge is 0.266 e. The number of halogens is 1. The Morgan fingerprint density at radius 2 is 1.68 bits per heavy atom. The maximum absolute atomic E-state index is 15.3. The summed E-state index contributed by atoms with van der Waals surface area (Å²) >= 11 is 0. The van der Waals surface area contributed by atoms with Gasteiger partial charge in [0.15, 0.2) is 5.65 Å². The molecule has 2 aromatic carbocycles. The zero-order valence-electron chi connectivity index (χ0n) is 22.0. The van der Waals surface area contributed by atoms with E-state index in [1.807, 2.05) is 57.2 Å². The summed E-state index contributed by atoms with van der Waals surface area (Å²) in [5.74, 6) is -0.0648. The first-order valence-electron chi connectivity index (χ1n) is 12.7. The van der Waals surface area contributed by atoms with Gasteiger partial charge >= 0.3 is 0 Å². The molecule has 0 saturated heterocycles. The Balaban J connectivity index is 1.59. The van der Waals surface area contributed by atoms with E-state index in [4.69, 9.17) is 20.6 Å². The summed E-state index contributed by atoms with van der Waals surface area (Å²) in [7, 11) is 0. The van der Waals surface area contributed by atoms with Crippen LogP contribution in [-0.2, 0) is 0 Å². The third-order valence-corrected chi connectivity index (χ3v) is 6.51. The third kappa shape index (κ3) is 4.21. The maximum Gasteiger partial charge on any atom is 0.266 e. The molecule has 4 aromatic heterocycles. The molecular formula is C29H25FN8O2. The second kappa shape index (κ2) is 9.84. The lowest BCUT2D eigenvalue weighted by molar-refractivity contribution is 0.230. The predicted molar refractivity (Wildman–Crippen MR) is 150 cm³/mol. The second-order valence-corrected chi connectivity index (χ2v) is 9.54. The van der Waals surface area contributed by atoms with Crippen LogP contribution in [0.25, 0.3) is 38.9 Å². The van der Waals surface area contributed by atoms with Crippen LogP contribution in [0.2, 0.25) is 0 Å². The fourth-order valence-electron chi connectivity index (χ4n) is 4.72. The van der Waals surface area contributed by atoms with Gasteiger partial charge in [-0.1, -0.05) is 30.3 Å². The third-order valence-electron chi connectivity index (χ3n) is 6.51. The van der Waals surface area contributed by atoms with Crippen LogP contribution in [0.1, 0.15) is 32.6 Å². The van der Waals surface area contributed by atoms with Crippen molar-refractivity contribution in [2.24, 2.45) is 0 Å². The Morgan fingerprint density at radius 3 is 2.42 bits per heavy atom. The lowest BCUT2D eigenvalue weighted by Gasteiger charge is -2.19. The molecule has 6 rings (SSSR count). The first-order valence-corrected chi connectivity index (χ1v) is 12.7. The van der Waals surface area contributed by atoms with Crippen molar-refractivity contribution < 1.29 is 9.13 Å². The summed E-state index contributed by atoms with van der Waals surface area (Å²) < 4.78 is 24.0.